The van der Waals surface area contributed by atoms with E-state index >= 15 is 0 Å². The predicted molar refractivity (Wildman–Crippen MR) is 157 cm³/mol. The normalized spacial score (nSPS) is 12.3. The van der Waals surface area contributed by atoms with Gasteiger partial charge >= 0.3 is 0 Å². The molecule has 0 amide bonds. The molecule has 0 aliphatic rings. The molecule has 0 N–H and O–H groups in total. The number of pyridine rings is 1. The van der Waals surface area contributed by atoms with E-state index in [9.17, 15) is 0 Å². The summed E-state index contributed by atoms with van der Waals surface area (Å²) >= 11 is 1.86. The summed E-state index contributed by atoms with van der Waals surface area (Å²) in [5, 5.41) is 7.47. The number of imidazole rings is 1. The summed E-state index contributed by atoms with van der Waals surface area (Å²) in [6.45, 7) is 0. The summed E-state index contributed by atoms with van der Waals surface area (Å²) in [5.74, 6) is 0. The lowest BCUT2D eigenvalue weighted by Gasteiger charge is -2.09. The summed E-state index contributed by atoms with van der Waals surface area (Å²) < 4.78 is 7.35. The number of fused-ring (bicyclic) bond motifs is 13. The molecule has 3 nitrogen and oxygen atoms in total. The Morgan fingerprint density at radius 2 is 1.14 bits per heavy atom. The minimum atomic E-state index is 0.993. The number of benzene rings is 5. The molecular formula is C33H19N3S. The minimum absolute atomic E-state index is 0.993. The van der Waals surface area contributed by atoms with Gasteiger partial charge in [-0.1, -0.05) is 91.0 Å². The van der Waals surface area contributed by atoms with E-state index in [0.717, 1.165) is 16.8 Å². The number of nitrogens with zero attached hydrogens (tertiary/aromatic N) is 3. The first-order chi connectivity index (χ1) is 18.4. The molecule has 4 heterocycles. The highest BCUT2D eigenvalue weighted by atomic mass is 32.1. The van der Waals surface area contributed by atoms with Gasteiger partial charge < -0.3 is 0 Å². The van der Waals surface area contributed by atoms with Crippen LogP contribution in [-0.4, -0.2) is 14.0 Å². The maximum Gasteiger partial charge on any atom is 0.165 e. The van der Waals surface area contributed by atoms with Gasteiger partial charge in [0.1, 0.15) is 11.2 Å². The molecule has 37 heavy (non-hydrogen) atoms. The molecule has 5 aromatic carbocycles. The fraction of sp³-hybridized carbons (Fsp3) is 0. The van der Waals surface area contributed by atoms with Crippen LogP contribution in [0.4, 0.5) is 0 Å². The summed E-state index contributed by atoms with van der Waals surface area (Å²) in [4.78, 5) is 5.40. The van der Waals surface area contributed by atoms with Crippen molar-refractivity contribution in [2.75, 3.05) is 0 Å². The topological polar surface area (TPSA) is 22.2 Å². The number of hydrogen-bond donors (Lipinski definition) is 0. The van der Waals surface area contributed by atoms with Crippen molar-refractivity contribution in [2.24, 2.45) is 0 Å². The highest BCUT2D eigenvalue weighted by Crippen LogP contribution is 2.42. The van der Waals surface area contributed by atoms with E-state index in [-0.39, 0.29) is 0 Å². The van der Waals surface area contributed by atoms with Crippen molar-refractivity contribution in [3.63, 3.8) is 0 Å². The van der Waals surface area contributed by atoms with E-state index in [2.05, 4.69) is 124 Å². The first-order valence-electron chi connectivity index (χ1n) is 12.5. The lowest BCUT2D eigenvalue weighted by atomic mass is 10.1. The van der Waals surface area contributed by atoms with Gasteiger partial charge in [0.2, 0.25) is 0 Å². The van der Waals surface area contributed by atoms with Crippen LogP contribution in [0.25, 0.3) is 75.2 Å². The van der Waals surface area contributed by atoms with Crippen molar-refractivity contribution in [2.45, 2.75) is 0 Å². The van der Waals surface area contributed by atoms with Crippen molar-refractivity contribution in [1.29, 1.82) is 0 Å². The smallest absolute Gasteiger partial charge is 0.165 e. The Bertz CT molecular complexity index is 2370. The van der Waals surface area contributed by atoms with E-state index in [1.807, 2.05) is 11.3 Å². The molecule has 9 aromatic rings. The maximum atomic E-state index is 5.40. The van der Waals surface area contributed by atoms with Crippen LogP contribution in [0, 0.1) is 0 Å². The molecule has 0 atom stereocenters. The van der Waals surface area contributed by atoms with Gasteiger partial charge in [-0.2, -0.15) is 0 Å². The Labute approximate surface area is 215 Å². The highest BCUT2D eigenvalue weighted by molar-refractivity contribution is 7.26. The number of rotatable bonds is 1. The Kier molecular flexibility index (Phi) is 3.67. The van der Waals surface area contributed by atoms with Crippen LogP contribution in [0.3, 0.4) is 0 Å². The highest BCUT2D eigenvalue weighted by Gasteiger charge is 2.22. The molecule has 9 rings (SSSR count). The molecular weight excluding hydrogens is 470 g/mol. The number of aromatic nitrogens is 3. The van der Waals surface area contributed by atoms with Gasteiger partial charge in [0, 0.05) is 31.6 Å². The van der Waals surface area contributed by atoms with Crippen LogP contribution in [-0.2, 0) is 0 Å². The molecule has 0 radical (unpaired) electrons. The van der Waals surface area contributed by atoms with E-state index in [4.69, 9.17) is 4.98 Å². The summed E-state index contributed by atoms with van der Waals surface area (Å²) in [5.41, 5.74) is 6.70. The molecule has 0 spiro atoms. The van der Waals surface area contributed by atoms with E-state index in [0.29, 0.717) is 0 Å². The van der Waals surface area contributed by atoms with Crippen LogP contribution in [0.2, 0.25) is 0 Å². The van der Waals surface area contributed by atoms with Gasteiger partial charge in [0.25, 0.3) is 0 Å². The quantitative estimate of drug-likeness (QED) is 0.211. The molecule has 172 valence electrons. The monoisotopic (exact) mass is 489 g/mol. The fourth-order valence-corrected chi connectivity index (χ4v) is 7.37. The van der Waals surface area contributed by atoms with Crippen LogP contribution in [0.5, 0.6) is 0 Å². The molecule has 0 saturated carbocycles. The summed E-state index contributed by atoms with van der Waals surface area (Å²) in [6, 6.07) is 41.4. The van der Waals surface area contributed by atoms with Gasteiger partial charge in [-0.15, -0.1) is 11.3 Å². The van der Waals surface area contributed by atoms with E-state index < -0.39 is 0 Å². The molecule has 4 aromatic heterocycles. The van der Waals surface area contributed by atoms with Crippen molar-refractivity contribution in [3.05, 3.63) is 115 Å². The second-order valence-electron chi connectivity index (χ2n) is 9.61. The molecule has 0 aliphatic carbocycles. The Hall–Kier alpha value is -4.67. The van der Waals surface area contributed by atoms with E-state index in [1.165, 1.54) is 58.4 Å². The van der Waals surface area contributed by atoms with Crippen LogP contribution < -0.4 is 0 Å². The predicted octanol–water partition coefficient (Wildman–Crippen LogP) is 9.11. The standard InChI is InChI=1S/C33H19N3S/c1-2-13-24-20(10-1)21-11-3-6-16-26(21)36-30-25-14-4-7-17-27(25)35(33(30)34-32(24)36)28-18-9-15-23-22-12-5-8-19-29(22)37-31(23)28/h1-19H. The zero-order chi connectivity index (χ0) is 24.1. The molecule has 0 unspecified atom stereocenters. The number of para-hydroxylation sites is 2. The van der Waals surface area contributed by atoms with Crippen molar-refractivity contribution in [1.82, 2.24) is 14.0 Å². The van der Waals surface area contributed by atoms with Crippen LogP contribution in [0.15, 0.2) is 115 Å². The summed E-state index contributed by atoms with van der Waals surface area (Å²) in [6.07, 6.45) is 0. The average molecular weight is 490 g/mol. The largest absolute Gasteiger partial charge is 0.291 e. The van der Waals surface area contributed by atoms with Crippen LogP contribution in [0.1, 0.15) is 0 Å². The lowest BCUT2D eigenvalue weighted by molar-refractivity contribution is 1.17. The Morgan fingerprint density at radius 3 is 2.00 bits per heavy atom. The van der Waals surface area contributed by atoms with Crippen molar-refractivity contribution < 1.29 is 0 Å². The third-order valence-corrected chi connectivity index (χ3v) is 8.91. The molecule has 4 heteroatoms. The third-order valence-electron chi connectivity index (χ3n) is 7.70. The lowest BCUT2D eigenvalue weighted by Crippen LogP contribution is -1.94. The second-order valence-corrected chi connectivity index (χ2v) is 10.7. The van der Waals surface area contributed by atoms with E-state index in [1.54, 1.807) is 0 Å². The first-order valence-corrected chi connectivity index (χ1v) is 13.3. The third kappa shape index (κ3) is 2.43. The van der Waals surface area contributed by atoms with Gasteiger partial charge in [0.05, 0.1) is 21.4 Å². The Balaban J connectivity index is 1.55. The van der Waals surface area contributed by atoms with Gasteiger partial charge in [-0.25, -0.2) is 4.98 Å². The molecule has 0 aliphatic heterocycles. The minimum Gasteiger partial charge on any atom is -0.291 e. The van der Waals surface area contributed by atoms with Crippen molar-refractivity contribution in [3.8, 4) is 5.69 Å². The second kappa shape index (κ2) is 6.96. The fourth-order valence-electron chi connectivity index (χ4n) is 6.17. The van der Waals surface area contributed by atoms with Gasteiger partial charge in [-0.05, 0) is 29.7 Å². The number of hydrogen-bond acceptors (Lipinski definition) is 2. The maximum absolute atomic E-state index is 5.40. The Morgan fingerprint density at radius 1 is 0.486 bits per heavy atom. The van der Waals surface area contributed by atoms with Crippen LogP contribution >= 0.6 is 11.3 Å². The SMILES string of the molecule is c1ccc2c(c1)sc1c(-n3c4ccccc4c4c3nc3c5ccccc5c5ccccc5n34)cccc12. The van der Waals surface area contributed by atoms with Gasteiger partial charge in [-0.3, -0.25) is 8.97 Å². The molecule has 0 fully saturated rings. The molecule has 0 saturated heterocycles. The zero-order valence-electron chi connectivity index (χ0n) is 19.7. The first kappa shape index (κ1) is 19.5. The summed E-state index contributed by atoms with van der Waals surface area (Å²) in [7, 11) is 0. The van der Waals surface area contributed by atoms with Gasteiger partial charge in [0.15, 0.2) is 5.65 Å². The van der Waals surface area contributed by atoms with Crippen molar-refractivity contribution >= 4 is 80.9 Å². The zero-order valence-corrected chi connectivity index (χ0v) is 20.5. The number of thiophene rings is 1. The average Bonchev–Trinajstić information content (AvgIpc) is 3.62. The molecule has 0 bridgehead atoms.